The molecule has 208 valence electrons. The first kappa shape index (κ1) is 29.6. The lowest BCUT2D eigenvalue weighted by Gasteiger charge is -2.27. The van der Waals surface area contributed by atoms with E-state index in [-0.39, 0.29) is 22.3 Å². The largest absolute Gasteiger partial charge is 0.508 e. The van der Waals surface area contributed by atoms with E-state index in [2.05, 4.69) is 29.0 Å². The Morgan fingerprint density at radius 1 is 0.974 bits per heavy atom. The number of thiazole rings is 1. The number of carbonyl (C=O) groups excluding carboxylic acids is 1. The number of H-pyrrole nitrogens is 1. The molecule has 2 aromatic carbocycles. The minimum Gasteiger partial charge on any atom is -0.508 e. The molecule has 38 heavy (non-hydrogen) atoms. The van der Waals surface area contributed by atoms with Crippen LogP contribution in [0.1, 0.15) is 31.4 Å². The lowest BCUT2D eigenvalue weighted by Crippen LogP contribution is -2.42. The van der Waals surface area contributed by atoms with Crippen LogP contribution in [0, 0.1) is 0 Å². The number of aromatic amines is 1. The van der Waals surface area contributed by atoms with Gasteiger partial charge in [-0.15, -0.1) is 0 Å². The number of ether oxygens (including phenoxy) is 1. The maximum atomic E-state index is 13.0. The van der Waals surface area contributed by atoms with Crippen molar-refractivity contribution in [1.29, 1.82) is 0 Å². The summed E-state index contributed by atoms with van der Waals surface area (Å²) in [5, 5.41) is 22.8. The Kier molecular flexibility index (Phi) is 12.1. The Morgan fingerprint density at radius 3 is 2.47 bits per heavy atom. The molecule has 1 aromatic heterocycles. The van der Waals surface area contributed by atoms with Gasteiger partial charge in [-0.2, -0.15) is 0 Å². The van der Waals surface area contributed by atoms with E-state index in [1.54, 1.807) is 18.2 Å². The van der Waals surface area contributed by atoms with Gasteiger partial charge in [-0.3, -0.25) is 9.59 Å². The molecule has 0 spiro atoms. The molecule has 0 aliphatic rings. The van der Waals surface area contributed by atoms with Crippen molar-refractivity contribution in [2.75, 3.05) is 59.0 Å². The maximum absolute atomic E-state index is 13.0. The summed E-state index contributed by atoms with van der Waals surface area (Å²) in [6.07, 6.45) is 1.79. The summed E-state index contributed by atoms with van der Waals surface area (Å²) in [7, 11) is 0. The van der Waals surface area contributed by atoms with Gasteiger partial charge in [-0.25, -0.2) is 0 Å². The molecular weight excluding hydrogens is 504 g/mol. The molecule has 3 aromatic rings. The van der Waals surface area contributed by atoms with Crippen LogP contribution >= 0.6 is 11.3 Å². The third kappa shape index (κ3) is 9.13. The van der Waals surface area contributed by atoms with E-state index in [1.165, 1.54) is 0 Å². The number of carbonyl (C=O) groups is 1. The van der Waals surface area contributed by atoms with Crippen LogP contribution in [0.15, 0.2) is 41.2 Å². The second-order valence-corrected chi connectivity index (χ2v) is 10.1. The molecule has 0 fully saturated rings. The highest BCUT2D eigenvalue weighted by Crippen LogP contribution is 2.27. The fourth-order valence-corrected chi connectivity index (χ4v) is 5.16. The summed E-state index contributed by atoms with van der Waals surface area (Å²) in [4.78, 5) is 31.4. The van der Waals surface area contributed by atoms with Gasteiger partial charge in [0.1, 0.15) is 17.0 Å². The Hall–Kier alpha value is -2.92. The third-order valence-electron chi connectivity index (χ3n) is 6.63. The normalized spacial score (nSPS) is 11.4. The van der Waals surface area contributed by atoms with Crippen LogP contribution in [0.4, 0.5) is 0 Å². The van der Waals surface area contributed by atoms with Crippen molar-refractivity contribution in [3.8, 4) is 11.5 Å². The summed E-state index contributed by atoms with van der Waals surface area (Å²) in [6.45, 7) is 10.5. The number of nitrogens with zero attached hydrogens (tertiary/aromatic N) is 2. The van der Waals surface area contributed by atoms with Crippen LogP contribution in [-0.2, 0) is 22.4 Å². The van der Waals surface area contributed by atoms with Crippen molar-refractivity contribution in [3.05, 3.63) is 57.2 Å². The van der Waals surface area contributed by atoms with Crippen LogP contribution in [-0.4, -0.2) is 89.9 Å². The van der Waals surface area contributed by atoms with Crippen molar-refractivity contribution in [2.45, 2.75) is 33.1 Å². The number of nitrogens with one attached hydrogen (secondary N) is 2. The van der Waals surface area contributed by atoms with Gasteiger partial charge in [-0.1, -0.05) is 43.4 Å². The van der Waals surface area contributed by atoms with Gasteiger partial charge in [0.25, 0.3) is 0 Å². The van der Waals surface area contributed by atoms with Crippen molar-refractivity contribution < 1.29 is 19.7 Å². The van der Waals surface area contributed by atoms with Gasteiger partial charge in [0, 0.05) is 26.2 Å². The quantitative estimate of drug-likeness (QED) is 0.193. The van der Waals surface area contributed by atoms with Gasteiger partial charge in [-0.05, 0) is 61.8 Å². The zero-order valence-corrected chi connectivity index (χ0v) is 23.2. The Balaban J connectivity index is 1.43. The molecule has 0 radical (unpaired) electrons. The molecule has 1 amide bonds. The number of aromatic hydroxyl groups is 2. The zero-order valence-electron chi connectivity index (χ0n) is 22.4. The van der Waals surface area contributed by atoms with Crippen LogP contribution in [0.3, 0.4) is 0 Å². The smallest absolute Gasteiger partial charge is 0.305 e. The number of phenolic OH excluding ortho intramolecular Hbond substituents is 2. The second-order valence-electron chi connectivity index (χ2n) is 9.15. The van der Waals surface area contributed by atoms with Crippen molar-refractivity contribution in [2.24, 2.45) is 0 Å². The van der Waals surface area contributed by atoms with Crippen LogP contribution < -0.4 is 10.2 Å². The highest BCUT2D eigenvalue weighted by Gasteiger charge is 2.15. The van der Waals surface area contributed by atoms with Crippen molar-refractivity contribution in [3.63, 3.8) is 0 Å². The van der Waals surface area contributed by atoms with Gasteiger partial charge in [0.15, 0.2) is 0 Å². The number of phenols is 2. The molecule has 0 saturated carbocycles. The maximum Gasteiger partial charge on any atom is 0.305 e. The molecule has 9 nitrogen and oxygen atoms in total. The van der Waals surface area contributed by atoms with E-state index in [4.69, 9.17) is 4.74 Å². The highest BCUT2D eigenvalue weighted by atomic mass is 32.1. The number of hydrogen-bond acceptors (Lipinski definition) is 8. The Labute approximate surface area is 228 Å². The molecule has 0 aliphatic heterocycles. The Morgan fingerprint density at radius 2 is 1.74 bits per heavy atom. The van der Waals surface area contributed by atoms with E-state index in [1.807, 2.05) is 23.1 Å². The van der Waals surface area contributed by atoms with E-state index in [0.29, 0.717) is 57.8 Å². The molecule has 1 heterocycles. The fraction of sp³-hybridized carbons (Fsp3) is 0.500. The van der Waals surface area contributed by atoms with Gasteiger partial charge in [0.2, 0.25) is 5.91 Å². The summed E-state index contributed by atoms with van der Waals surface area (Å²) in [5.74, 6) is 0.416. The molecule has 4 N–H and O–H groups in total. The SMILES string of the molecule is CCN(CC)CCN(CCNCCc1ccc(O)c2[nH]c(=O)sc12)C(=O)CCOCCc1ccc(O)cc1. The average Bonchev–Trinajstić information content (AvgIpc) is 3.32. The van der Waals surface area contributed by atoms with Gasteiger partial charge < -0.3 is 35.1 Å². The van der Waals surface area contributed by atoms with E-state index in [9.17, 15) is 19.8 Å². The van der Waals surface area contributed by atoms with Crippen molar-refractivity contribution in [1.82, 2.24) is 20.1 Å². The molecule has 3 rings (SSSR count). The summed E-state index contributed by atoms with van der Waals surface area (Å²) in [5.41, 5.74) is 2.59. The molecular formula is C28H40N4O5S. The first-order valence-corrected chi connectivity index (χ1v) is 14.1. The average molecular weight is 545 g/mol. The van der Waals surface area contributed by atoms with Gasteiger partial charge >= 0.3 is 4.87 Å². The molecule has 0 aliphatic carbocycles. The van der Waals surface area contributed by atoms with E-state index in [0.717, 1.165) is 53.2 Å². The first-order chi connectivity index (χ1) is 18.4. The molecule has 0 atom stereocenters. The van der Waals surface area contributed by atoms with Gasteiger partial charge in [0.05, 0.1) is 24.3 Å². The number of likely N-dealkylation sites (N-methyl/N-ethyl adjacent to an activating group) is 1. The topological polar surface area (TPSA) is 118 Å². The number of benzene rings is 2. The first-order valence-electron chi connectivity index (χ1n) is 13.3. The number of hydrogen-bond donors (Lipinski definition) is 4. The standard InChI is InChI=1S/C28H40N4O5S/c1-3-31(4-2)17-18-32(25(35)13-20-37-19-12-21-5-8-23(33)9-6-21)16-15-29-14-11-22-7-10-24(34)26-27(22)38-28(36)30-26/h5-10,29,33-34H,3-4,11-20H2,1-2H3,(H,30,36). The number of amides is 1. The van der Waals surface area contributed by atoms with Crippen LogP contribution in [0.2, 0.25) is 0 Å². The monoisotopic (exact) mass is 544 g/mol. The zero-order chi connectivity index (χ0) is 27.3. The second kappa shape index (κ2) is 15.5. The molecule has 10 heteroatoms. The number of fused-ring (bicyclic) bond motifs is 1. The molecule has 0 bridgehead atoms. The number of rotatable bonds is 17. The molecule has 0 saturated heterocycles. The minimum absolute atomic E-state index is 0.0842. The van der Waals surface area contributed by atoms with Crippen LogP contribution in [0.25, 0.3) is 10.2 Å². The summed E-state index contributed by atoms with van der Waals surface area (Å²) < 4.78 is 6.51. The van der Waals surface area contributed by atoms with Crippen LogP contribution in [0.5, 0.6) is 11.5 Å². The number of aromatic nitrogens is 1. The summed E-state index contributed by atoms with van der Waals surface area (Å²) in [6, 6.07) is 10.5. The van der Waals surface area contributed by atoms with E-state index < -0.39 is 0 Å². The highest BCUT2D eigenvalue weighted by molar-refractivity contribution is 7.16. The van der Waals surface area contributed by atoms with Crippen molar-refractivity contribution >= 4 is 27.5 Å². The summed E-state index contributed by atoms with van der Waals surface area (Å²) >= 11 is 1.11. The van der Waals surface area contributed by atoms with E-state index >= 15 is 0 Å². The molecule has 0 unspecified atom stereocenters. The third-order valence-corrected chi connectivity index (χ3v) is 7.59. The minimum atomic E-state index is -0.178. The lowest BCUT2D eigenvalue weighted by atomic mass is 10.1. The predicted octanol–water partition coefficient (Wildman–Crippen LogP) is 2.95. The lowest BCUT2D eigenvalue weighted by molar-refractivity contribution is -0.132. The predicted molar refractivity (Wildman–Crippen MR) is 152 cm³/mol. The Bertz CT molecular complexity index is 1190. The fourth-order valence-electron chi connectivity index (χ4n) is 4.27.